The summed E-state index contributed by atoms with van der Waals surface area (Å²) in [5.41, 5.74) is 3.01. The number of anilines is 1. The fraction of sp³-hybridized carbons (Fsp3) is 0.148. The molecular weight excluding hydrogens is 465 g/mol. The molecule has 36 heavy (non-hydrogen) atoms. The van der Waals surface area contributed by atoms with E-state index in [1.165, 1.54) is 25.3 Å². The van der Waals surface area contributed by atoms with Crippen LogP contribution in [0.15, 0.2) is 72.4 Å². The number of carbonyl (C=O) groups is 3. The highest BCUT2D eigenvalue weighted by Gasteiger charge is 2.35. The lowest BCUT2D eigenvalue weighted by Gasteiger charge is -2.12. The van der Waals surface area contributed by atoms with Gasteiger partial charge in [0.15, 0.2) is 11.5 Å². The molecule has 0 unspecified atom stereocenters. The molecule has 1 fully saturated rings. The number of urea groups is 1. The van der Waals surface area contributed by atoms with Gasteiger partial charge in [-0.25, -0.2) is 14.1 Å². The summed E-state index contributed by atoms with van der Waals surface area (Å²) in [5.74, 6) is -0.562. The molecule has 1 aliphatic rings. The fourth-order valence-corrected chi connectivity index (χ4v) is 3.50. The smallest absolute Gasteiger partial charge is 0.329 e. The largest absolute Gasteiger partial charge is 0.493 e. The molecule has 0 saturated carbocycles. The molecule has 0 aromatic heterocycles. The Balaban J connectivity index is 1.42. The predicted octanol–water partition coefficient (Wildman–Crippen LogP) is 4.25. The average molecular weight is 490 g/mol. The van der Waals surface area contributed by atoms with E-state index in [0.717, 1.165) is 16.0 Å². The number of nitrogens with one attached hydrogen (secondary N) is 2. The summed E-state index contributed by atoms with van der Waals surface area (Å²) < 4.78 is 24.2. The molecule has 9 heteroatoms. The molecule has 1 saturated heterocycles. The number of methoxy groups -OCH3 is 1. The fourth-order valence-electron chi connectivity index (χ4n) is 3.50. The molecule has 0 radical (unpaired) electrons. The molecule has 1 heterocycles. The van der Waals surface area contributed by atoms with E-state index in [4.69, 9.17) is 9.47 Å². The van der Waals surface area contributed by atoms with Crippen LogP contribution in [-0.4, -0.2) is 36.4 Å². The van der Waals surface area contributed by atoms with Crippen molar-refractivity contribution >= 4 is 29.6 Å². The number of rotatable bonds is 8. The molecule has 3 aromatic carbocycles. The van der Waals surface area contributed by atoms with Gasteiger partial charge in [-0.05, 0) is 60.5 Å². The number of nitrogens with zero attached hydrogens (tertiary/aromatic N) is 1. The summed E-state index contributed by atoms with van der Waals surface area (Å²) >= 11 is 0. The Labute approximate surface area is 207 Å². The van der Waals surface area contributed by atoms with E-state index in [2.05, 4.69) is 10.6 Å². The Kier molecular flexibility index (Phi) is 7.29. The van der Waals surface area contributed by atoms with Crippen LogP contribution in [0.25, 0.3) is 6.08 Å². The number of hydrogen-bond acceptors (Lipinski definition) is 5. The zero-order valence-corrected chi connectivity index (χ0v) is 19.7. The van der Waals surface area contributed by atoms with Crippen LogP contribution in [0.2, 0.25) is 0 Å². The number of ether oxygens (including phenoxy) is 2. The Morgan fingerprint density at radius 1 is 1.03 bits per heavy atom. The number of halogens is 1. The van der Waals surface area contributed by atoms with Crippen LogP contribution >= 0.6 is 0 Å². The summed E-state index contributed by atoms with van der Waals surface area (Å²) in [7, 11) is 1.48. The van der Waals surface area contributed by atoms with Gasteiger partial charge in [0.25, 0.3) is 5.91 Å². The van der Waals surface area contributed by atoms with Crippen molar-refractivity contribution in [1.29, 1.82) is 0 Å². The van der Waals surface area contributed by atoms with Crippen LogP contribution in [0.5, 0.6) is 11.5 Å². The number of aryl methyl sites for hydroxylation is 1. The lowest BCUT2D eigenvalue weighted by molar-refractivity contribution is -0.127. The van der Waals surface area contributed by atoms with Crippen LogP contribution in [-0.2, 0) is 16.2 Å². The van der Waals surface area contributed by atoms with Crippen LogP contribution in [0.1, 0.15) is 16.7 Å². The average Bonchev–Trinajstić information content (AvgIpc) is 3.12. The van der Waals surface area contributed by atoms with Gasteiger partial charge in [0, 0.05) is 5.69 Å². The van der Waals surface area contributed by atoms with Crippen LogP contribution in [0, 0.1) is 12.7 Å². The van der Waals surface area contributed by atoms with E-state index >= 15 is 0 Å². The summed E-state index contributed by atoms with van der Waals surface area (Å²) in [5, 5.41) is 5.17. The Morgan fingerprint density at radius 2 is 1.75 bits per heavy atom. The van der Waals surface area contributed by atoms with E-state index in [9.17, 15) is 18.8 Å². The van der Waals surface area contributed by atoms with Crippen LogP contribution < -0.4 is 20.1 Å². The normalized spacial score (nSPS) is 14.1. The Hall–Kier alpha value is -4.66. The molecule has 4 rings (SSSR count). The SMILES string of the molecule is COc1cc(/C=C2/NC(=O)N(CC(=O)Nc3ccc(C)cc3)C2=O)ccc1OCc1ccc(F)cc1. The van der Waals surface area contributed by atoms with E-state index in [-0.39, 0.29) is 18.1 Å². The third-order valence-corrected chi connectivity index (χ3v) is 5.41. The minimum Gasteiger partial charge on any atom is -0.493 e. The quantitative estimate of drug-likeness (QED) is 0.364. The number of amides is 4. The first-order valence-corrected chi connectivity index (χ1v) is 11.1. The maximum Gasteiger partial charge on any atom is 0.329 e. The molecule has 0 aliphatic carbocycles. The maximum atomic E-state index is 13.1. The van der Waals surface area contributed by atoms with Gasteiger partial charge in [-0.1, -0.05) is 35.9 Å². The van der Waals surface area contributed by atoms with E-state index in [1.54, 1.807) is 42.5 Å². The summed E-state index contributed by atoms with van der Waals surface area (Å²) in [6, 6.07) is 17.5. The Morgan fingerprint density at radius 3 is 2.44 bits per heavy atom. The van der Waals surface area contributed by atoms with E-state index in [0.29, 0.717) is 22.7 Å². The van der Waals surface area contributed by atoms with Crippen molar-refractivity contribution in [1.82, 2.24) is 10.2 Å². The molecule has 0 bridgehead atoms. The van der Waals surface area contributed by atoms with Crippen LogP contribution in [0.3, 0.4) is 0 Å². The molecule has 3 aromatic rings. The monoisotopic (exact) mass is 489 g/mol. The number of hydrogen-bond donors (Lipinski definition) is 2. The molecule has 8 nitrogen and oxygen atoms in total. The van der Waals surface area contributed by atoms with E-state index in [1.807, 2.05) is 19.1 Å². The summed E-state index contributed by atoms with van der Waals surface area (Å²) in [4.78, 5) is 38.3. The van der Waals surface area contributed by atoms with Crippen molar-refractivity contribution in [2.24, 2.45) is 0 Å². The first-order valence-electron chi connectivity index (χ1n) is 11.1. The third kappa shape index (κ3) is 5.87. The zero-order chi connectivity index (χ0) is 25.7. The standard InChI is InChI=1S/C27H24FN3O5/c1-17-3-10-21(11-4-17)29-25(32)15-31-26(33)22(30-27(31)34)13-19-7-12-23(24(14-19)35-2)36-16-18-5-8-20(28)9-6-18/h3-14H,15-16H2,1-2H3,(H,29,32)(H,30,34)/b22-13+. The second kappa shape index (κ2) is 10.7. The van der Waals surface area contributed by atoms with Gasteiger partial charge in [-0.2, -0.15) is 0 Å². The molecular formula is C27H24FN3O5. The maximum absolute atomic E-state index is 13.1. The van der Waals surface area contributed by atoms with Crippen molar-refractivity contribution < 1.29 is 28.2 Å². The predicted molar refractivity (Wildman–Crippen MR) is 132 cm³/mol. The lowest BCUT2D eigenvalue weighted by atomic mass is 10.1. The van der Waals surface area contributed by atoms with Gasteiger partial charge in [0.2, 0.25) is 5.91 Å². The zero-order valence-electron chi connectivity index (χ0n) is 19.7. The first kappa shape index (κ1) is 24.5. The van der Waals surface area contributed by atoms with Crippen molar-refractivity contribution in [3.05, 3.63) is 94.9 Å². The van der Waals surface area contributed by atoms with E-state index < -0.39 is 24.4 Å². The van der Waals surface area contributed by atoms with Gasteiger partial charge in [-0.3, -0.25) is 9.59 Å². The van der Waals surface area contributed by atoms with Crippen LogP contribution in [0.4, 0.5) is 14.9 Å². The third-order valence-electron chi connectivity index (χ3n) is 5.41. The molecule has 1 aliphatic heterocycles. The minimum absolute atomic E-state index is 0.0326. The van der Waals surface area contributed by atoms with Gasteiger partial charge >= 0.3 is 6.03 Å². The van der Waals surface area contributed by atoms with Gasteiger partial charge < -0.3 is 20.1 Å². The second-order valence-electron chi connectivity index (χ2n) is 8.12. The number of benzene rings is 3. The topological polar surface area (TPSA) is 97.0 Å². The minimum atomic E-state index is -0.684. The Bertz CT molecular complexity index is 1320. The highest BCUT2D eigenvalue weighted by atomic mass is 19.1. The number of carbonyl (C=O) groups excluding carboxylic acids is 3. The number of imide groups is 1. The molecule has 2 N–H and O–H groups in total. The molecule has 0 atom stereocenters. The highest BCUT2D eigenvalue weighted by molar-refractivity contribution is 6.15. The lowest BCUT2D eigenvalue weighted by Crippen LogP contribution is -2.38. The van der Waals surface area contributed by atoms with Gasteiger partial charge in [0.1, 0.15) is 24.7 Å². The van der Waals surface area contributed by atoms with Crippen molar-refractivity contribution in [3.63, 3.8) is 0 Å². The summed E-state index contributed by atoms with van der Waals surface area (Å²) in [6.07, 6.45) is 1.49. The van der Waals surface area contributed by atoms with Gasteiger partial charge in [-0.15, -0.1) is 0 Å². The molecule has 184 valence electrons. The van der Waals surface area contributed by atoms with Crippen molar-refractivity contribution in [2.45, 2.75) is 13.5 Å². The van der Waals surface area contributed by atoms with Crippen molar-refractivity contribution in [2.75, 3.05) is 19.0 Å². The molecule has 0 spiro atoms. The summed E-state index contributed by atoms with van der Waals surface area (Å²) in [6.45, 7) is 1.72. The first-order chi connectivity index (χ1) is 17.3. The highest BCUT2D eigenvalue weighted by Crippen LogP contribution is 2.30. The molecule has 4 amide bonds. The second-order valence-corrected chi connectivity index (χ2v) is 8.12. The van der Waals surface area contributed by atoms with Gasteiger partial charge in [0.05, 0.1) is 7.11 Å². The van der Waals surface area contributed by atoms with Crippen molar-refractivity contribution in [3.8, 4) is 11.5 Å².